The molecule has 2 aromatic rings. The van der Waals surface area contributed by atoms with Crippen molar-refractivity contribution in [3.05, 3.63) is 53.6 Å². The van der Waals surface area contributed by atoms with Gasteiger partial charge in [-0.1, -0.05) is 6.07 Å². The summed E-state index contributed by atoms with van der Waals surface area (Å²) < 4.78 is 61.0. The summed E-state index contributed by atoms with van der Waals surface area (Å²) in [6.07, 6.45) is 0. The summed E-state index contributed by atoms with van der Waals surface area (Å²) in [7, 11) is -3.75. The number of nitrogens with one attached hydrogen (secondary N) is 2. The highest BCUT2D eigenvalue weighted by Gasteiger charge is 2.28. The van der Waals surface area contributed by atoms with Gasteiger partial charge in [0, 0.05) is 24.3 Å². The largest absolute Gasteiger partial charge is 0.435 e. The third-order valence-corrected chi connectivity index (χ3v) is 6.85. The van der Waals surface area contributed by atoms with Crippen molar-refractivity contribution in [2.24, 2.45) is 0 Å². The monoisotopic (exact) mass is 483 g/mol. The first-order valence-electron chi connectivity index (χ1n) is 9.98. The first kappa shape index (κ1) is 24.6. The molecule has 0 bridgehead atoms. The van der Waals surface area contributed by atoms with Crippen LogP contribution in [0, 0.1) is 6.92 Å². The average molecular weight is 483 g/mol. The van der Waals surface area contributed by atoms with Gasteiger partial charge >= 0.3 is 6.61 Å². The standard InChI is InChI=1S/C21H23F2N3O6S/c1-14-2-5-16(12-18(14)33(29,30)26-8-10-31-11-9-26)25-19(27)13-24-20(28)15-3-6-17(7-4-15)32-21(22)23/h2-7,12,21H,8-11,13H2,1H3,(H,24,28)(H,25,27). The average Bonchev–Trinajstić information content (AvgIpc) is 2.79. The van der Waals surface area contributed by atoms with Crippen molar-refractivity contribution in [2.45, 2.75) is 18.4 Å². The van der Waals surface area contributed by atoms with Gasteiger partial charge in [-0.05, 0) is 48.9 Å². The molecule has 0 aromatic heterocycles. The maximum Gasteiger partial charge on any atom is 0.387 e. The van der Waals surface area contributed by atoms with E-state index in [1.165, 1.54) is 34.6 Å². The summed E-state index contributed by atoms with van der Waals surface area (Å²) in [6.45, 7) is -0.560. The molecule has 178 valence electrons. The molecule has 12 heteroatoms. The number of anilines is 1. The number of rotatable bonds is 8. The summed E-state index contributed by atoms with van der Waals surface area (Å²) in [6, 6.07) is 9.52. The van der Waals surface area contributed by atoms with Crippen LogP contribution >= 0.6 is 0 Å². The van der Waals surface area contributed by atoms with Gasteiger partial charge in [-0.3, -0.25) is 9.59 Å². The minimum absolute atomic E-state index is 0.0809. The third kappa shape index (κ3) is 6.46. The predicted octanol–water partition coefficient (Wildman–Crippen LogP) is 1.99. The number of carbonyl (C=O) groups excluding carboxylic acids is 2. The van der Waals surface area contributed by atoms with Crippen molar-refractivity contribution < 1.29 is 36.3 Å². The Labute approximate surface area is 189 Å². The zero-order valence-electron chi connectivity index (χ0n) is 17.7. The van der Waals surface area contributed by atoms with Crippen LogP contribution in [0.25, 0.3) is 0 Å². The Hall–Kier alpha value is -3.09. The molecule has 2 aromatic carbocycles. The number of sulfonamides is 1. The van der Waals surface area contributed by atoms with Crippen molar-refractivity contribution in [3.8, 4) is 5.75 Å². The smallest absolute Gasteiger partial charge is 0.387 e. The van der Waals surface area contributed by atoms with E-state index < -0.39 is 28.4 Å². The molecule has 0 unspecified atom stereocenters. The summed E-state index contributed by atoms with van der Waals surface area (Å²) >= 11 is 0. The highest BCUT2D eigenvalue weighted by molar-refractivity contribution is 7.89. The van der Waals surface area contributed by atoms with Crippen molar-refractivity contribution >= 4 is 27.5 Å². The lowest BCUT2D eigenvalue weighted by atomic mass is 10.2. The Morgan fingerprint density at radius 3 is 2.42 bits per heavy atom. The summed E-state index contributed by atoms with van der Waals surface area (Å²) in [5.74, 6) is -1.26. The van der Waals surface area contributed by atoms with Gasteiger partial charge in [-0.2, -0.15) is 13.1 Å². The van der Waals surface area contributed by atoms with Crippen molar-refractivity contribution in [3.63, 3.8) is 0 Å². The fourth-order valence-corrected chi connectivity index (χ4v) is 4.80. The molecule has 3 rings (SSSR count). The minimum Gasteiger partial charge on any atom is -0.435 e. The number of ether oxygens (including phenoxy) is 2. The highest BCUT2D eigenvalue weighted by Crippen LogP contribution is 2.24. The van der Waals surface area contributed by atoms with Crippen LogP contribution < -0.4 is 15.4 Å². The second-order valence-electron chi connectivity index (χ2n) is 7.13. The fourth-order valence-electron chi connectivity index (χ4n) is 3.14. The minimum atomic E-state index is -3.75. The summed E-state index contributed by atoms with van der Waals surface area (Å²) in [4.78, 5) is 24.5. The molecule has 9 nitrogen and oxygen atoms in total. The van der Waals surface area contributed by atoms with Gasteiger partial charge in [0.25, 0.3) is 5.91 Å². The Balaban J connectivity index is 1.60. The molecule has 1 heterocycles. The van der Waals surface area contributed by atoms with Crippen molar-refractivity contribution in [2.75, 3.05) is 38.2 Å². The number of halogens is 2. The van der Waals surface area contributed by atoms with E-state index in [-0.39, 0.29) is 41.5 Å². The lowest BCUT2D eigenvalue weighted by molar-refractivity contribution is -0.115. The van der Waals surface area contributed by atoms with Crippen LogP contribution in [0.5, 0.6) is 5.75 Å². The van der Waals surface area contributed by atoms with Gasteiger partial charge in [0.15, 0.2) is 0 Å². The maximum atomic E-state index is 13.0. The quantitative estimate of drug-likeness (QED) is 0.594. The van der Waals surface area contributed by atoms with Crippen LogP contribution in [0.3, 0.4) is 0 Å². The zero-order chi connectivity index (χ0) is 24.0. The highest BCUT2D eigenvalue weighted by atomic mass is 32.2. The Morgan fingerprint density at radius 2 is 1.79 bits per heavy atom. The van der Waals surface area contributed by atoms with Crippen LogP contribution in [0.4, 0.5) is 14.5 Å². The molecule has 2 N–H and O–H groups in total. The molecule has 0 spiro atoms. The molecule has 1 saturated heterocycles. The Bertz CT molecular complexity index is 1100. The van der Waals surface area contributed by atoms with Gasteiger partial charge in [0.1, 0.15) is 5.75 Å². The molecule has 2 amide bonds. The van der Waals surface area contributed by atoms with Gasteiger partial charge in [0.05, 0.1) is 24.7 Å². The lowest BCUT2D eigenvalue weighted by Gasteiger charge is -2.26. The number of aryl methyl sites for hydroxylation is 1. The number of benzene rings is 2. The van der Waals surface area contributed by atoms with Crippen molar-refractivity contribution in [1.82, 2.24) is 9.62 Å². The number of morpholine rings is 1. The van der Waals surface area contributed by atoms with Crippen LogP contribution in [-0.4, -0.2) is 64.0 Å². The van der Waals surface area contributed by atoms with Gasteiger partial charge in [-0.15, -0.1) is 0 Å². The third-order valence-electron chi connectivity index (χ3n) is 4.81. The molecule has 1 fully saturated rings. The number of hydrogen-bond acceptors (Lipinski definition) is 6. The molecule has 0 saturated carbocycles. The summed E-state index contributed by atoms with van der Waals surface area (Å²) in [5, 5.41) is 4.96. The number of amides is 2. The number of hydrogen-bond donors (Lipinski definition) is 2. The van der Waals surface area contributed by atoms with E-state index in [1.807, 2.05) is 0 Å². The van der Waals surface area contributed by atoms with Gasteiger partial charge in [-0.25, -0.2) is 8.42 Å². The van der Waals surface area contributed by atoms with Crippen LogP contribution in [0.15, 0.2) is 47.4 Å². The zero-order valence-corrected chi connectivity index (χ0v) is 18.5. The SMILES string of the molecule is Cc1ccc(NC(=O)CNC(=O)c2ccc(OC(F)F)cc2)cc1S(=O)(=O)N1CCOCC1. The molecular weight excluding hydrogens is 460 g/mol. The van der Waals surface area contributed by atoms with E-state index in [2.05, 4.69) is 15.4 Å². The molecule has 0 aliphatic carbocycles. The predicted molar refractivity (Wildman–Crippen MR) is 115 cm³/mol. The van der Waals surface area contributed by atoms with E-state index in [0.29, 0.717) is 18.8 Å². The molecule has 1 aliphatic rings. The number of nitrogens with zero attached hydrogens (tertiary/aromatic N) is 1. The first-order chi connectivity index (χ1) is 15.7. The van der Waals surface area contributed by atoms with E-state index in [9.17, 15) is 26.8 Å². The van der Waals surface area contributed by atoms with E-state index in [1.54, 1.807) is 19.1 Å². The van der Waals surface area contributed by atoms with E-state index in [4.69, 9.17) is 4.74 Å². The lowest BCUT2D eigenvalue weighted by Crippen LogP contribution is -2.40. The Morgan fingerprint density at radius 1 is 1.12 bits per heavy atom. The Kier molecular flexibility index (Phi) is 7.95. The van der Waals surface area contributed by atoms with E-state index in [0.717, 1.165) is 0 Å². The maximum absolute atomic E-state index is 13.0. The normalized spacial score (nSPS) is 14.7. The first-order valence-corrected chi connectivity index (χ1v) is 11.4. The second-order valence-corrected chi connectivity index (χ2v) is 9.04. The molecule has 0 radical (unpaired) electrons. The van der Waals surface area contributed by atoms with E-state index >= 15 is 0 Å². The molecule has 33 heavy (non-hydrogen) atoms. The second kappa shape index (κ2) is 10.7. The van der Waals surface area contributed by atoms with Crippen molar-refractivity contribution in [1.29, 1.82) is 0 Å². The molecule has 0 atom stereocenters. The summed E-state index contributed by atoms with van der Waals surface area (Å²) in [5.41, 5.74) is 0.950. The van der Waals surface area contributed by atoms with Crippen LogP contribution in [-0.2, 0) is 19.6 Å². The van der Waals surface area contributed by atoms with Crippen LogP contribution in [0.1, 0.15) is 15.9 Å². The topological polar surface area (TPSA) is 114 Å². The number of alkyl halides is 2. The van der Waals surface area contributed by atoms with Gasteiger partial charge < -0.3 is 20.1 Å². The fraction of sp³-hybridized carbons (Fsp3) is 0.333. The molecular formula is C21H23F2N3O6S. The van der Waals surface area contributed by atoms with Gasteiger partial charge in [0.2, 0.25) is 15.9 Å². The van der Waals surface area contributed by atoms with Crippen LogP contribution in [0.2, 0.25) is 0 Å². The molecule has 1 aliphatic heterocycles. The number of carbonyl (C=O) groups is 2.